The molecule has 0 atom stereocenters. The molecule has 5 heteroatoms. The third-order valence-corrected chi connectivity index (χ3v) is 4.38. The Hall–Kier alpha value is -2.17. The molecule has 0 saturated heterocycles. The van der Waals surface area contributed by atoms with Gasteiger partial charge in [0.15, 0.2) is 0 Å². The molecule has 1 aliphatic rings. The Labute approximate surface area is 130 Å². The average molecular weight is 302 g/mol. The number of carbonyl (C=O) groups excluding carboxylic acids is 1. The van der Waals surface area contributed by atoms with Crippen LogP contribution in [0.15, 0.2) is 30.3 Å². The third-order valence-electron chi connectivity index (χ3n) is 4.38. The molecule has 1 aliphatic carbocycles. The highest BCUT2D eigenvalue weighted by Crippen LogP contribution is 2.26. The van der Waals surface area contributed by atoms with Gasteiger partial charge in [0.25, 0.3) is 5.69 Å². The fourth-order valence-corrected chi connectivity index (χ4v) is 2.84. The van der Waals surface area contributed by atoms with Gasteiger partial charge in [0.05, 0.1) is 4.92 Å². The number of rotatable bonds is 4. The second-order valence-corrected chi connectivity index (χ2v) is 6.05. The smallest absolute Gasteiger partial charge is 0.270 e. The first-order chi connectivity index (χ1) is 10.5. The van der Waals surface area contributed by atoms with Crippen molar-refractivity contribution >= 4 is 17.7 Å². The van der Waals surface area contributed by atoms with Crippen molar-refractivity contribution in [2.75, 3.05) is 7.05 Å². The number of hydrogen-bond acceptors (Lipinski definition) is 3. The number of amides is 1. The van der Waals surface area contributed by atoms with Crippen LogP contribution in [-0.2, 0) is 4.79 Å². The van der Waals surface area contributed by atoms with E-state index in [-0.39, 0.29) is 11.6 Å². The topological polar surface area (TPSA) is 63.5 Å². The molecule has 118 valence electrons. The average Bonchev–Trinajstić information content (AvgIpc) is 2.53. The standard InChI is InChI=1S/C17H22N2O3/c1-13-6-9-15(10-7-13)18(2)17(20)11-8-14-4-3-5-16(12-14)19(21)22/h3-5,8,11-13,15H,6-7,9-10H2,1-2H3/b11-8+. The summed E-state index contributed by atoms with van der Waals surface area (Å²) in [6, 6.07) is 6.58. The van der Waals surface area contributed by atoms with Crippen molar-refractivity contribution in [2.24, 2.45) is 5.92 Å². The van der Waals surface area contributed by atoms with Gasteiger partial charge in [-0.25, -0.2) is 0 Å². The number of likely N-dealkylation sites (N-methyl/N-ethyl adjacent to an activating group) is 1. The van der Waals surface area contributed by atoms with Gasteiger partial charge in [-0.1, -0.05) is 19.1 Å². The zero-order valence-electron chi connectivity index (χ0n) is 13.1. The number of carbonyl (C=O) groups is 1. The van der Waals surface area contributed by atoms with Gasteiger partial charge in [0.1, 0.15) is 0 Å². The minimum absolute atomic E-state index is 0.0317. The molecular formula is C17H22N2O3. The first kappa shape index (κ1) is 16.2. The molecule has 1 aromatic carbocycles. The molecule has 1 saturated carbocycles. The van der Waals surface area contributed by atoms with Gasteiger partial charge in [0, 0.05) is 31.3 Å². The molecule has 0 spiro atoms. The lowest BCUT2D eigenvalue weighted by atomic mass is 9.87. The van der Waals surface area contributed by atoms with Crippen LogP contribution < -0.4 is 0 Å². The van der Waals surface area contributed by atoms with Gasteiger partial charge in [-0.3, -0.25) is 14.9 Å². The molecule has 2 rings (SSSR count). The molecule has 22 heavy (non-hydrogen) atoms. The predicted octanol–water partition coefficient (Wildman–Crippen LogP) is 3.65. The van der Waals surface area contributed by atoms with E-state index in [1.54, 1.807) is 23.1 Å². The Morgan fingerprint density at radius 1 is 1.32 bits per heavy atom. The fraction of sp³-hybridized carbons (Fsp3) is 0.471. The largest absolute Gasteiger partial charge is 0.339 e. The normalized spacial score (nSPS) is 21.7. The Balaban J connectivity index is 1.98. The maximum absolute atomic E-state index is 12.2. The van der Waals surface area contributed by atoms with Crippen molar-refractivity contribution in [3.8, 4) is 0 Å². The molecule has 5 nitrogen and oxygen atoms in total. The van der Waals surface area contributed by atoms with Crippen molar-refractivity contribution in [1.82, 2.24) is 4.90 Å². The van der Waals surface area contributed by atoms with Crippen LogP contribution in [0.1, 0.15) is 38.2 Å². The summed E-state index contributed by atoms with van der Waals surface area (Å²) in [5.41, 5.74) is 0.692. The molecule has 0 aliphatic heterocycles. The maximum atomic E-state index is 12.2. The lowest BCUT2D eigenvalue weighted by molar-refractivity contribution is -0.384. The van der Waals surface area contributed by atoms with Gasteiger partial charge in [-0.2, -0.15) is 0 Å². The highest BCUT2D eigenvalue weighted by molar-refractivity contribution is 5.91. The van der Waals surface area contributed by atoms with E-state index in [9.17, 15) is 14.9 Å². The molecule has 1 fully saturated rings. The van der Waals surface area contributed by atoms with Gasteiger partial charge < -0.3 is 4.90 Å². The molecular weight excluding hydrogens is 280 g/mol. The highest BCUT2D eigenvalue weighted by atomic mass is 16.6. The minimum Gasteiger partial charge on any atom is -0.339 e. The van der Waals surface area contributed by atoms with E-state index >= 15 is 0 Å². The monoisotopic (exact) mass is 302 g/mol. The van der Waals surface area contributed by atoms with Crippen LogP contribution in [0, 0.1) is 16.0 Å². The summed E-state index contributed by atoms with van der Waals surface area (Å²) in [5.74, 6) is 0.700. The fourth-order valence-electron chi connectivity index (χ4n) is 2.84. The van der Waals surface area contributed by atoms with Gasteiger partial charge >= 0.3 is 0 Å². The van der Waals surface area contributed by atoms with Crippen LogP contribution in [0.5, 0.6) is 0 Å². The summed E-state index contributed by atoms with van der Waals surface area (Å²) in [5, 5.41) is 10.7. The molecule has 1 amide bonds. The van der Waals surface area contributed by atoms with E-state index in [2.05, 4.69) is 6.92 Å². The zero-order valence-corrected chi connectivity index (χ0v) is 13.1. The van der Waals surface area contributed by atoms with E-state index < -0.39 is 4.92 Å². The van der Waals surface area contributed by atoms with Crippen molar-refractivity contribution < 1.29 is 9.72 Å². The summed E-state index contributed by atoms with van der Waals surface area (Å²) in [6.07, 6.45) is 7.56. The summed E-state index contributed by atoms with van der Waals surface area (Å²) in [7, 11) is 1.83. The lowest BCUT2D eigenvalue weighted by Crippen LogP contribution is -2.38. The Bertz CT molecular complexity index is 575. The van der Waals surface area contributed by atoms with Crippen molar-refractivity contribution in [1.29, 1.82) is 0 Å². The lowest BCUT2D eigenvalue weighted by Gasteiger charge is -2.33. The zero-order chi connectivity index (χ0) is 16.1. The van der Waals surface area contributed by atoms with Gasteiger partial charge in [0.2, 0.25) is 5.91 Å². The van der Waals surface area contributed by atoms with Gasteiger partial charge in [-0.05, 0) is 43.2 Å². The summed E-state index contributed by atoms with van der Waals surface area (Å²) in [4.78, 5) is 24.3. The van der Waals surface area contributed by atoms with Gasteiger partial charge in [-0.15, -0.1) is 0 Å². The van der Waals surface area contributed by atoms with Crippen LogP contribution in [0.4, 0.5) is 5.69 Å². The summed E-state index contributed by atoms with van der Waals surface area (Å²) >= 11 is 0. The first-order valence-electron chi connectivity index (χ1n) is 7.66. The Morgan fingerprint density at radius 2 is 2.00 bits per heavy atom. The van der Waals surface area contributed by atoms with E-state index in [0.29, 0.717) is 11.6 Å². The van der Waals surface area contributed by atoms with Crippen LogP contribution >= 0.6 is 0 Å². The summed E-state index contributed by atoms with van der Waals surface area (Å²) < 4.78 is 0. The van der Waals surface area contributed by atoms with Crippen molar-refractivity contribution in [3.63, 3.8) is 0 Å². The molecule has 0 aromatic heterocycles. The number of hydrogen-bond donors (Lipinski definition) is 0. The molecule has 0 N–H and O–H groups in total. The number of benzene rings is 1. The van der Waals surface area contributed by atoms with E-state index in [4.69, 9.17) is 0 Å². The van der Waals surface area contributed by atoms with E-state index in [1.807, 2.05) is 7.05 Å². The quantitative estimate of drug-likeness (QED) is 0.484. The molecule has 0 unspecified atom stereocenters. The van der Waals surface area contributed by atoms with Crippen LogP contribution in [0.2, 0.25) is 0 Å². The van der Waals surface area contributed by atoms with E-state index in [1.165, 1.54) is 18.2 Å². The number of nitro groups is 1. The van der Waals surface area contributed by atoms with Crippen molar-refractivity contribution in [3.05, 3.63) is 46.0 Å². The molecule has 0 heterocycles. The van der Waals surface area contributed by atoms with Crippen LogP contribution in [-0.4, -0.2) is 28.8 Å². The van der Waals surface area contributed by atoms with Crippen molar-refractivity contribution in [2.45, 2.75) is 38.6 Å². The second-order valence-electron chi connectivity index (χ2n) is 6.05. The minimum atomic E-state index is -0.436. The molecule has 0 bridgehead atoms. The molecule has 0 radical (unpaired) electrons. The Morgan fingerprint density at radius 3 is 2.64 bits per heavy atom. The number of nitro benzene ring substituents is 1. The first-order valence-corrected chi connectivity index (χ1v) is 7.66. The molecule has 1 aromatic rings. The predicted molar refractivity (Wildman–Crippen MR) is 86.3 cm³/mol. The SMILES string of the molecule is CC1CCC(N(C)C(=O)/C=C/c2cccc([N+](=O)[O-])c2)CC1. The third kappa shape index (κ3) is 4.16. The van der Waals surface area contributed by atoms with E-state index in [0.717, 1.165) is 31.6 Å². The van der Waals surface area contributed by atoms with Crippen LogP contribution in [0.3, 0.4) is 0 Å². The maximum Gasteiger partial charge on any atom is 0.270 e. The number of non-ortho nitro benzene ring substituents is 1. The second kappa shape index (κ2) is 7.20. The Kier molecular flexibility index (Phi) is 5.31. The van der Waals surface area contributed by atoms with Crippen LogP contribution in [0.25, 0.3) is 6.08 Å². The highest BCUT2D eigenvalue weighted by Gasteiger charge is 2.23. The summed E-state index contributed by atoms with van der Waals surface area (Å²) in [6.45, 7) is 2.25. The number of nitrogens with zero attached hydrogens (tertiary/aromatic N) is 2.